The Kier molecular flexibility index (Phi) is 4.17. The summed E-state index contributed by atoms with van der Waals surface area (Å²) >= 11 is 1.17. The van der Waals surface area contributed by atoms with Gasteiger partial charge in [-0.2, -0.15) is 4.98 Å². The van der Waals surface area contributed by atoms with Crippen LogP contribution in [0.5, 0.6) is 0 Å². The number of hydrogen-bond acceptors (Lipinski definition) is 8. The van der Waals surface area contributed by atoms with Gasteiger partial charge < -0.3 is 19.9 Å². The van der Waals surface area contributed by atoms with E-state index in [1.54, 1.807) is 6.92 Å². The smallest absolute Gasteiger partial charge is 0.261 e. The first-order valence-corrected chi connectivity index (χ1v) is 7.59. The second kappa shape index (κ2) is 6.26. The molecule has 0 aromatic carbocycles. The quantitative estimate of drug-likeness (QED) is 0.604. The summed E-state index contributed by atoms with van der Waals surface area (Å²) in [6.45, 7) is 1.71. The topological polar surface area (TPSA) is 134 Å². The summed E-state index contributed by atoms with van der Waals surface area (Å²) in [5, 5.41) is 15.7. The van der Waals surface area contributed by atoms with Gasteiger partial charge >= 0.3 is 0 Å². The number of H-pyrrole nitrogens is 1. The van der Waals surface area contributed by atoms with Crippen LogP contribution in [0.4, 0.5) is 0 Å². The van der Waals surface area contributed by atoms with Gasteiger partial charge in [-0.15, -0.1) is 11.3 Å². The van der Waals surface area contributed by atoms with Crippen LogP contribution in [0.1, 0.15) is 27.0 Å². The number of aryl methyl sites for hydroxylation is 1. The van der Waals surface area contributed by atoms with Crippen molar-refractivity contribution in [2.24, 2.45) is 0 Å². The molecule has 3 aromatic heterocycles. The average molecular weight is 335 g/mol. The number of amides is 1. The van der Waals surface area contributed by atoms with E-state index in [0.29, 0.717) is 39.4 Å². The van der Waals surface area contributed by atoms with Gasteiger partial charge in [-0.1, -0.05) is 5.16 Å². The highest BCUT2D eigenvalue weighted by Crippen LogP contribution is 2.26. The van der Waals surface area contributed by atoms with E-state index in [2.05, 4.69) is 25.4 Å². The Morgan fingerprint density at radius 3 is 3.04 bits per heavy atom. The zero-order chi connectivity index (χ0) is 16.4. The third-order valence-corrected chi connectivity index (χ3v) is 4.42. The first-order chi connectivity index (χ1) is 11.1. The first-order valence-electron chi connectivity index (χ1n) is 6.77. The van der Waals surface area contributed by atoms with E-state index in [-0.39, 0.29) is 24.0 Å². The van der Waals surface area contributed by atoms with Crippen LogP contribution in [0.2, 0.25) is 0 Å². The van der Waals surface area contributed by atoms with Gasteiger partial charge in [0.25, 0.3) is 17.4 Å². The summed E-state index contributed by atoms with van der Waals surface area (Å²) in [4.78, 5) is 35.5. The number of nitrogens with zero attached hydrogens (tertiary/aromatic N) is 3. The minimum Gasteiger partial charge on any atom is -0.387 e. The maximum absolute atomic E-state index is 12.3. The van der Waals surface area contributed by atoms with E-state index in [1.165, 1.54) is 17.7 Å². The number of rotatable bonds is 5. The number of thiophene rings is 1. The molecule has 0 aliphatic heterocycles. The van der Waals surface area contributed by atoms with Crippen molar-refractivity contribution in [3.05, 3.63) is 38.8 Å². The van der Waals surface area contributed by atoms with Crippen LogP contribution >= 0.6 is 11.3 Å². The van der Waals surface area contributed by atoms with E-state index in [0.717, 1.165) is 0 Å². The number of aromatic amines is 1. The number of fused-ring (bicyclic) bond motifs is 1. The van der Waals surface area contributed by atoms with Crippen molar-refractivity contribution in [2.75, 3.05) is 6.54 Å². The summed E-state index contributed by atoms with van der Waals surface area (Å²) in [7, 11) is 0. The van der Waals surface area contributed by atoms with Crippen molar-refractivity contribution >= 4 is 27.5 Å². The van der Waals surface area contributed by atoms with Crippen LogP contribution in [0.3, 0.4) is 0 Å². The minimum absolute atomic E-state index is 0.136. The molecule has 0 spiro atoms. The van der Waals surface area contributed by atoms with Crippen LogP contribution in [-0.4, -0.2) is 37.7 Å². The first kappa shape index (κ1) is 15.3. The Hall–Kier alpha value is -2.59. The Morgan fingerprint density at radius 1 is 1.52 bits per heavy atom. The average Bonchev–Trinajstić information content (AvgIpc) is 3.12. The molecular weight excluding hydrogens is 322 g/mol. The van der Waals surface area contributed by atoms with Gasteiger partial charge in [0.2, 0.25) is 0 Å². The van der Waals surface area contributed by atoms with Gasteiger partial charge in [-0.3, -0.25) is 9.59 Å². The maximum Gasteiger partial charge on any atom is 0.261 e. The highest BCUT2D eigenvalue weighted by molar-refractivity contribution is 7.20. The minimum atomic E-state index is -0.318. The molecular formula is C13H13N5O4S. The largest absolute Gasteiger partial charge is 0.387 e. The molecule has 10 heteroatoms. The Labute approximate surface area is 133 Å². The molecule has 0 unspecified atom stereocenters. The Balaban J connectivity index is 1.70. The van der Waals surface area contributed by atoms with Crippen molar-refractivity contribution in [1.29, 1.82) is 0 Å². The van der Waals surface area contributed by atoms with Crippen LogP contribution in [0, 0.1) is 6.92 Å². The molecule has 0 radical (unpaired) electrons. The van der Waals surface area contributed by atoms with Crippen LogP contribution in [0.15, 0.2) is 15.6 Å². The number of aromatic nitrogens is 4. The highest BCUT2D eigenvalue weighted by atomic mass is 32.1. The molecule has 3 rings (SSSR count). The molecule has 0 bridgehead atoms. The molecule has 3 N–H and O–H groups in total. The molecule has 23 heavy (non-hydrogen) atoms. The predicted octanol–water partition coefficient (Wildman–Crippen LogP) is 0.141. The number of aliphatic hydroxyl groups is 1. The molecule has 0 aliphatic rings. The standard InChI is InChI=1S/C13H13N5O4S/c1-6-9-11(20)15-5-16-13(9)23-10(6)12(21)14-3-2-7-17-8(4-19)22-18-7/h5,19H,2-4H2,1H3,(H,14,21)(H,15,16,20). The molecule has 120 valence electrons. The fourth-order valence-electron chi connectivity index (χ4n) is 2.12. The summed E-state index contributed by atoms with van der Waals surface area (Å²) in [5.41, 5.74) is 0.352. The lowest BCUT2D eigenvalue weighted by Gasteiger charge is -2.02. The second-order valence-electron chi connectivity index (χ2n) is 4.74. The second-order valence-corrected chi connectivity index (χ2v) is 5.74. The molecule has 0 fully saturated rings. The zero-order valence-electron chi connectivity index (χ0n) is 12.1. The fraction of sp³-hybridized carbons (Fsp3) is 0.308. The van der Waals surface area contributed by atoms with E-state index in [4.69, 9.17) is 9.63 Å². The summed E-state index contributed by atoms with van der Waals surface area (Å²) in [6, 6.07) is 0. The predicted molar refractivity (Wildman–Crippen MR) is 81.2 cm³/mol. The summed E-state index contributed by atoms with van der Waals surface area (Å²) in [5.74, 6) is 0.258. The third-order valence-electron chi connectivity index (χ3n) is 3.22. The molecule has 0 aliphatic carbocycles. The number of carbonyl (C=O) groups excluding carboxylic acids is 1. The number of nitrogens with one attached hydrogen (secondary N) is 2. The maximum atomic E-state index is 12.3. The van der Waals surface area contributed by atoms with Crippen molar-refractivity contribution < 1.29 is 14.4 Å². The summed E-state index contributed by atoms with van der Waals surface area (Å²) in [6.07, 6.45) is 1.69. The van der Waals surface area contributed by atoms with E-state index < -0.39 is 0 Å². The van der Waals surface area contributed by atoms with Crippen molar-refractivity contribution in [2.45, 2.75) is 20.0 Å². The van der Waals surface area contributed by atoms with Crippen molar-refractivity contribution in [3.8, 4) is 0 Å². The lowest BCUT2D eigenvalue weighted by Crippen LogP contribution is -2.25. The lowest BCUT2D eigenvalue weighted by atomic mass is 10.2. The molecule has 9 nitrogen and oxygen atoms in total. The normalized spacial score (nSPS) is 11.0. The Morgan fingerprint density at radius 2 is 2.35 bits per heavy atom. The third kappa shape index (κ3) is 2.98. The molecule has 0 saturated heterocycles. The molecule has 3 aromatic rings. The number of carbonyl (C=O) groups is 1. The van der Waals surface area contributed by atoms with Gasteiger partial charge in [-0.05, 0) is 12.5 Å². The number of aliphatic hydroxyl groups excluding tert-OH is 1. The van der Waals surface area contributed by atoms with Crippen LogP contribution in [0.25, 0.3) is 10.2 Å². The fourth-order valence-corrected chi connectivity index (χ4v) is 3.19. The van der Waals surface area contributed by atoms with Crippen LogP contribution < -0.4 is 10.9 Å². The lowest BCUT2D eigenvalue weighted by molar-refractivity contribution is 0.0957. The highest BCUT2D eigenvalue weighted by Gasteiger charge is 2.18. The molecule has 0 atom stereocenters. The van der Waals surface area contributed by atoms with Gasteiger partial charge in [0, 0.05) is 13.0 Å². The van der Waals surface area contributed by atoms with Gasteiger partial charge in [-0.25, -0.2) is 4.98 Å². The SMILES string of the molecule is Cc1c(C(=O)NCCc2noc(CO)n2)sc2nc[nH]c(=O)c12. The monoisotopic (exact) mass is 335 g/mol. The van der Waals surface area contributed by atoms with E-state index >= 15 is 0 Å². The molecule has 3 heterocycles. The van der Waals surface area contributed by atoms with Crippen LogP contribution in [-0.2, 0) is 13.0 Å². The number of hydrogen-bond donors (Lipinski definition) is 3. The van der Waals surface area contributed by atoms with E-state index in [1.807, 2.05) is 0 Å². The van der Waals surface area contributed by atoms with E-state index in [9.17, 15) is 9.59 Å². The van der Waals surface area contributed by atoms with Gasteiger partial charge in [0.1, 0.15) is 11.4 Å². The summed E-state index contributed by atoms with van der Waals surface area (Å²) < 4.78 is 4.76. The van der Waals surface area contributed by atoms with Gasteiger partial charge in [0.05, 0.1) is 16.6 Å². The molecule has 0 saturated carbocycles. The molecule has 1 amide bonds. The zero-order valence-corrected chi connectivity index (χ0v) is 12.9. The van der Waals surface area contributed by atoms with Gasteiger partial charge in [0.15, 0.2) is 5.82 Å². The van der Waals surface area contributed by atoms with Crippen molar-refractivity contribution in [3.63, 3.8) is 0 Å². The Bertz CT molecular complexity index is 913. The van der Waals surface area contributed by atoms with Crippen molar-refractivity contribution in [1.82, 2.24) is 25.4 Å².